The molecule has 9 nitrogen and oxygen atoms in total. The predicted molar refractivity (Wildman–Crippen MR) is 118 cm³/mol. The van der Waals surface area contributed by atoms with Gasteiger partial charge in [0.15, 0.2) is 0 Å². The first-order valence-electron chi connectivity index (χ1n) is 9.98. The molecule has 1 fully saturated rings. The maximum Gasteiger partial charge on any atom is 0.317 e. The minimum absolute atomic E-state index is 0.105. The summed E-state index contributed by atoms with van der Waals surface area (Å²) in [6, 6.07) is 9.39. The number of likely N-dealkylation sites (tertiary alicyclic amines) is 1. The average molecular weight is 484 g/mol. The van der Waals surface area contributed by atoms with Gasteiger partial charge in [-0.15, -0.1) is 0 Å². The third-order valence-electron chi connectivity index (χ3n) is 5.12. The summed E-state index contributed by atoms with van der Waals surface area (Å²) in [5.41, 5.74) is 1.86. The number of benzene rings is 1. The van der Waals surface area contributed by atoms with Gasteiger partial charge >= 0.3 is 6.03 Å². The van der Waals surface area contributed by atoms with Crippen LogP contribution in [0.3, 0.4) is 0 Å². The predicted octanol–water partition coefficient (Wildman–Crippen LogP) is 2.99. The number of carbonyl (C=O) groups excluding carboxylic acids is 2. The van der Waals surface area contributed by atoms with Crippen molar-refractivity contribution in [1.29, 1.82) is 0 Å². The highest BCUT2D eigenvalue weighted by molar-refractivity contribution is 9.10. The highest BCUT2D eigenvalue weighted by Crippen LogP contribution is 2.19. The summed E-state index contributed by atoms with van der Waals surface area (Å²) in [7, 11) is 0. The van der Waals surface area contributed by atoms with E-state index in [9.17, 15) is 9.59 Å². The number of hydrogen-bond donors (Lipinski definition) is 2. The van der Waals surface area contributed by atoms with E-state index < -0.39 is 0 Å². The number of halogens is 1. The molecule has 3 aromatic rings. The fourth-order valence-electron chi connectivity index (χ4n) is 3.40. The number of anilines is 1. The maximum absolute atomic E-state index is 12.5. The van der Waals surface area contributed by atoms with Crippen LogP contribution >= 0.6 is 15.9 Å². The summed E-state index contributed by atoms with van der Waals surface area (Å²) in [5.74, 6) is 0.0416. The number of nitrogens with one attached hydrogen (secondary N) is 2. The van der Waals surface area contributed by atoms with Crippen LogP contribution in [0.15, 0.2) is 59.6 Å². The second-order valence-corrected chi connectivity index (χ2v) is 8.17. The van der Waals surface area contributed by atoms with Crippen molar-refractivity contribution in [1.82, 2.24) is 30.0 Å². The molecule has 0 bridgehead atoms. The zero-order valence-corrected chi connectivity index (χ0v) is 18.3. The Bertz CT molecular complexity index is 1030. The largest absolute Gasteiger partial charge is 0.334 e. The fraction of sp³-hybridized carbons (Fsp3) is 0.286. The van der Waals surface area contributed by atoms with Gasteiger partial charge in [0, 0.05) is 54.2 Å². The zero-order chi connectivity index (χ0) is 21.6. The van der Waals surface area contributed by atoms with E-state index >= 15 is 0 Å². The second kappa shape index (κ2) is 9.69. The number of piperidine rings is 1. The highest BCUT2D eigenvalue weighted by Gasteiger charge is 2.27. The van der Waals surface area contributed by atoms with Gasteiger partial charge in [0.2, 0.25) is 11.9 Å². The number of nitrogens with zero attached hydrogens (tertiary/aromatic N) is 5. The van der Waals surface area contributed by atoms with Crippen molar-refractivity contribution in [2.75, 3.05) is 18.4 Å². The molecule has 1 aliphatic rings. The van der Waals surface area contributed by atoms with Gasteiger partial charge in [0.1, 0.15) is 0 Å². The summed E-state index contributed by atoms with van der Waals surface area (Å²) < 4.78 is 2.78. The molecule has 2 aromatic heterocycles. The standard InChI is InChI=1S/C21H22BrN7O2/c22-17-2-4-18(5-3-17)29-14-15(13-26-29)12-25-21(31)28-10-6-16(7-11-28)19(30)27-20-23-8-1-9-24-20/h1-5,8-9,13-14,16H,6-7,10-12H2,(H,25,31)(H,23,24,27,30). The van der Waals surface area contributed by atoms with Crippen LogP contribution in [0.2, 0.25) is 0 Å². The van der Waals surface area contributed by atoms with E-state index in [-0.39, 0.29) is 17.9 Å². The number of carbonyl (C=O) groups is 2. The Morgan fingerprint density at radius 1 is 1.10 bits per heavy atom. The molecule has 0 saturated carbocycles. The average Bonchev–Trinajstić information content (AvgIpc) is 3.28. The molecule has 160 valence electrons. The molecule has 1 aliphatic heterocycles. The van der Waals surface area contributed by atoms with Gasteiger partial charge in [0.25, 0.3) is 0 Å². The number of hydrogen-bond acceptors (Lipinski definition) is 5. The molecular formula is C21H22BrN7O2. The molecule has 1 saturated heterocycles. The van der Waals surface area contributed by atoms with Gasteiger partial charge in [-0.1, -0.05) is 15.9 Å². The first-order valence-corrected chi connectivity index (χ1v) is 10.8. The minimum Gasteiger partial charge on any atom is -0.334 e. The summed E-state index contributed by atoms with van der Waals surface area (Å²) in [4.78, 5) is 34.6. The zero-order valence-electron chi connectivity index (χ0n) is 16.7. The Kier molecular flexibility index (Phi) is 6.56. The smallest absolute Gasteiger partial charge is 0.317 e. The first kappa shape index (κ1) is 21.0. The number of aromatic nitrogens is 4. The summed E-state index contributed by atoms with van der Waals surface area (Å²) in [5, 5.41) is 10.0. The van der Waals surface area contributed by atoms with E-state index in [2.05, 4.69) is 41.6 Å². The second-order valence-electron chi connectivity index (χ2n) is 7.25. The Morgan fingerprint density at radius 2 is 1.81 bits per heavy atom. The van der Waals surface area contributed by atoms with Gasteiger partial charge in [-0.25, -0.2) is 19.4 Å². The molecule has 10 heteroatoms. The van der Waals surface area contributed by atoms with Gasteiger partial charge in [-0.3, -0.25) is 10.1 Å². The topological polar surface area (TPSA) is 105 Å². The first-order chi connectivity index (χ1) is 15.1. The van der Waals surface area contributed by atoms with Crippen LogP contribution < -0.4 is 10.6 Å². The molecule has 1 aromatic carbocycles. The number of urea groups is 1. The Hall–Kier alpha value is -3.27. The van der Waals surface area contributed by atoms with Crippen LogP contribution in [0.1, 0.15) is 18.4 Å². The van der Waals surface area contributed by atoms with Crippen LogP contribution in [-0.4, -0.2) is 49.7 Å². The van der Waals surface area contributed by atoms with Crippen molar-refractivity contribution in [3.05, 3.63) is 65.2 Å². The third-order valence-corrected chi connectivity index (χ3v) is 5.65. The highest BCUT2D eigenvalue weighted by atomic mass is 79.9. The normalized spacial score (nSPS) is 14.3. The lowest BCUT2D eigenvalue weighted by atomic mass is 9.96. The van der Waals surface area contributed by atoms with E-state index in [1.807, 2.05) is 30.5 Å². The fourth-order valence-corrected chi connectivity index (χ4v) is 3.66. The molecule has 4 rings (SSSR count). The van der Waals surface area contributed by atoms with Crippen LogP contribution in [0.4, 0.5) is 10.7 Å². The molecule has 3 amide bonds. The monoisotopic (exact) mass is 483 g/mol. The van der Waals surface area contributed by atoms with Crippen LogP contribution in [0.5, 0.6) is 0 Å². The lowest BCUT2D eigenvalue weighted by Crippen LogP contribution is -2.45. The third kappa shape index (κ3) is 5.46. The van der Waals surface area contributed by atoms with Gasteiger partial charge in [-0.2, -0.15) is 5.10 Å². The van der Waals surface area contributed by atoms with Gasteiger partial charge in [-0.05, 0) is 43.2 Å². The maximum atomic E-state index is 12.5. The molecule has 0 radical (unpaired) electrons. The van der Waals surface area contributed by atoms with Crippen molar-refractivity contribution in [2.24, 2.45) is 5.92 Å². The SMILES string of the molecule is O=C(Nc1ncccn1)C1CCN(C(=O)NCc2cnn(-c3ccc(Br)cc3)c2)CC1. The number of rotatable bonds is 5. The summed E-state index contributed by atoms with van der Waals surface area (Å²) in [6.45, 7) is 1.44. The van der Waals surface area contributed by atoms with Crippen molar-refractivity contribution in [3.63, 3.8) is 0 Å². The van der Waals surface area contributed by atoms with E-state index in [1.165, 1.54) is 0 Å². The minimum atomic E-state index is -0.156. The van der Waals surface area contributed by atoms with Crippen molar-refractivity contribution in [3.8, 4) is 5.69 Å². The Balaban J connectivity index is 1.23. The molecule has 2 N–H and O–H groups in total. The molecule has 0 unspecified atom stereocenters. The summed E-state index contributed by atoms with van der Waals surface area (Å²) >= 11 is 3.42. The molecule has 0 aliphatic carbocycles. The van der Waals surface area contributed by atoms with Crippen molar-refractivity contribution in [2.45, 2.75) is 19.4 Å². The lowest BCUT2D eigenvalue weighted by molar-refractivity contribution is -0.121. The molecule has 0 spiro atoms. The molecular weight excluding hydrogens is 462 g/mol. The van der Waals surface area contributed by atoms with Crippen LogP contribution in [-0.2, 0) is 11.3 Å². The molecule has 3 heterocycles. The lowest BCUT2D eigenvalue weighted by Gasteiger charge is -2.31. The van der Waals surface area contributed by atoms with E-state index in [0.29, 0.717) is 38.4 Å². The molecule has 0 atom stereocenters. The molecule has 31 heavy (non-hydrogen) atoms. The van der Waals surface area contributed by atoms with Crippen molar-refractivity contribution >= 4 is 33.8 Å². The Labute approximate surface area is 188 Å². The van der Waals surface area contributed by atoms with Crippen LogP contribution in [0.25, 0.3) is 5.69 Å². The van der Waals surface area contributed by atoms with Gasteiger partial charge < -0.3 is 10.2 Å². The quantitative estimate of drug-likeness (QED) is 0.580. The van der Waals surface area contributed by atoms with E-state index in [0.717, 1.165) is 15.7 Å². The van der Waals surface area contributed by atoms with E-state index in [1.54, 1.807) is 34.2 Å². The Morgan fingerprint density at radius 3 is 2.52 bits per heavy atom. The number of amides is 3. The van der Waals surface area contributed by atoms with Crippen molar-refractivity contribution < 1.29 is 9.59 Å². The van der Waals surface area contributed by atoms with E-state index in [4.69, 9.17) is 0 Å². The van der Waals surface area contributed by atoms with Crippen LogP contribution in [0, 0.1) is 5.92 Å². The van der Waals surface area contributed by atoms with Gasteiger partial charge in [0.05, 0.1) is 11.9 Å². The summed E-state index contributed by atoms with van der Waals surface area (Å²) in [6.07, 6.45) is 8.01.